The molecule has 1 N–H and O–H groups in total. The summed E-state index contributed by atoms with van der Waals surface area (Å²) in [6.07, 6.45) is 1.62. The van der Waals surface area contributed by atoms with Crippen LogP contribution in [0.2, 0.25) is 10.0 Å². The maximum atomic E-state index is 12.7. The molecule has 0 unspecified atom stereocenters. The number of hydrogen-bond acceptors (Lipinski definition) is 4. The molecule has 2 aromatic rings. The number of nitrogens with one attached hydrogen (secondary N) is 1. The Labute approximate surface area is 175 Å². The first kappa shape index (κ1) is 20.8. The monoisotopic (exact) mass is 422 g/mol. The van der Waals surface area contributed by atoms with Crippen molar-refractivity contribution in [1.29, 1.82) is 0 Å². The number of hydrogen-bond donors (Lipinski definition) is 1. The van der Waals surface area contributed by atoms with E-state index < -0.39 is 0 Å². The van der Waals surface area contributed by atoms with Crippen LogP contribution in [0.4, 0.5) is 5.69 Å². The Morgan fingerprint density at radius 3 is 2.32 bits per heavy atom. The fourth-order valence-corrected chi connectivity index (χ4v) is 3.75. The fraction of sp³-hybridized carbons (Fsp3) is 0.381. The van der Waals surface area contributed by atoms with E-state index in [1.54, 1.807) is 19.2 Å². The van der Waals surface area contributed by atoms with Crippen molar-refractivity contribution in [3.8, 4) is 11.5 Å². The minimum absolute atomic E-state index is 0.00572. The molecule has 0 bridgehead atoms. The largest absolute Gasteiger partial charge is 0.495 e. The second-order valence-corrected chi connectivity index (χ2v) is 7.70. The highest BCUT2D eigenvalue weighted by molar-refractivity contribution is 6.32. The fourth-order valence-electron chi connectivity index (χ4n) is 3.39. The molecule has 2 aromatic carbocycles. The minimum Gasteiger partial charge on any atom is -0.495 e. The first-order valence-corrected chi connectivity index (χ1v) is 9.95. The van der Waals surface area contributed by atoms with Crippen LogP contribution in [-0.2, 0) is 11.3 Å². The van der Waals surface area contributed by atoms with Gasteiger partial charge in [0.25, 0.3) is 0 Å². The molecular weight excluding hydrogens is 399 g/mol. The third kappa shape index (κ3) is 5.10. The van der Waals surface area contributed by atoms with Crippen molar-refractivity contribution < 1.29 is 14.3 Å². The third-order valence-electron chi connectivity index (χ3n) is 5.01. The molecule has 28 heavy (non-hydrogen) atoms. The van der Waals surface area contributed by atoms with E-state index in [-0.39, 0.29) is 11.8 Å². The van der Waals surface area contributed by atoms with Crippen LogP contribution in [0.3, 0.4) is 0 Å². The number of benzene rings is 2. The quantitative estimate of drug-likeness (QED) is 0.721. The number of rotatable bonds is 6. The summed E-state index contributed by atoms with van der Waals surface area (Å²) in [5.41, 5.74) is 1.79. The van der Waals surface area contributed by atoms with E-state index in [0.29, 0.717) is 22.2 Å². The van der Waals surface area contributed by atoms with Gasteiger partial charge in [-0.2, -0.15) is 0 Å². The van der Waals surface area contributed by atoms with E-state index in [0.717, 1.165) is 37.5 Å². The Hall–Kier alpha value is -1.95. The minimum atomic E-state index is -0.0344. The van der Waals surface area contributed by atoms with Gasteiger partial charge in [0.2, 0.25) is 5.91 Å². The molecule has 1 saturated heterocycles. The zero-order chi connectivity index (χ0) is 20.1. The number of anilines is 1. The summed E-state index contributed by atoms with van der Waals surface area (Å²) in [7, 11) is 3.08. The lowest BCUT2D eigenvalue weighted by Gasteiger charge is -2.31. The highest BCUT2D eigenvalue weighted by atomic mass is 35.5. The average Bonchev–Trinajstić information content (AvgIpc) is 2.71. The Morgan fingerprint density at radius 2 is 1.71 bits per heavy atom. The van der Waals surface area contributed by atoms with Gasteiger partial charge >= 0.3 is 0 Å². The van der Waals surface area contributed by atoms with Gasteiger partial charge in [-0.15, -0.1) is 0 Å². The molecular formula is C21H24Cl2N2O3. The molecule has 0 atom stereocenters. The maximum absolute atomic E-state index is 12.7. The van der Waals surface area contributed by atoms with Gasteiger partial charge in [0.15, 0.2) is 0 Å². The summed E-state index contributed by atoms with van der Waals surface area (Å²) in [5.74, 6) is 0.969. The van der Waals surface area contributed by atoms with Gasteiger partial charge in [-0.25, -0.2) is 0 Å². The van der Waals surface area contributed by atoms with Gasteiger partial charge in [0.1, 0.15) is 11.5 Å². The van der Waals surface area contributed by atoms with Crippen molar-refractivity contribution in [2.24, 2.45) is 5.92 Å². The van der Waals surface area contributed by atoms with Crippen molar-refractivity contribution in [3.63, 3.8) is 0 Å². The topological polar surface area (TPSA) is 50.8 Å². The highest BCUT2D eigenvalue weighted by Crippen LogP contribution is 2.36. The van der Waals surface area contributed by atoms with E-state index in [1.165, 1.54) is 12.7 Å². The van der Waals surface area contributed by atoms with Crippen LogP contribution in [0, 0.1) is 5.92 Å². The smallest absolute Gasteiger partial charge is 0.227 e. The number of halogens is 2. The molecule has 1 heterocycles. The van der Waals surface area contributed by atoms with Gasteiger partial charge in [0, 0.05) is 29.6 Å². The van der Waals surface area contributed by atoms with Crippen LogP contribution < -0.4 is 14.8 Å². The highest BCUT2D eigenvalue weighted by Gasteiger charge is 2.26. The predicted molar refractivity (Wildman–Crippen MR) is 113 cm³/mol. The Morgan fingerprint density at radius 1 is 1.07 bits per heavy atom. The van der Waals surface area contributed by atoms with Crippen LogP contribution in [-0.4, -0.2) is 38.1 Å². The Kier molecular flexibility index (Phi) is 7.05. The molecule has 1 fully saturated rings. The first-order valence-electron chi connectivity index (χ1n) is 9.19. The summed E-state index contributed by atoms with van der Waals surface area (Å²) >= 11 is 12.1. The lowest BCUT2D eigenvalue weighted by atomic mass is 9.95. The number of nitrogens with zero attached hydrogens (tertiary/aromatic N) is 1. The molecule has 1 amide bonds. The van der Waals surface area contributed by atoms with Gasteiger partial charge in [-0.1, -0.05) is 35.3 Å². The third-order valence-corrected chi connectivity index (χ3v) is 5.56. The van der Waals surface area contributed by atoms with Gasteiger partial charge in [-0.3, -0.25) is 9.69 Å². The molecule has 0 aliphatic carbocycles. The molecule has 0 aromatic heterocycles. The number of carbonyl (C=O) groups excluding carboxylic acids is 1. The SMILES string of the molecule is COc1cc(NC(=O)C2CCN(Cc3ccc(Cl)cc3)CC2)c(OC)cc1Cl. The van der Waals surface area contributed by atoms with Gasteiger partial charge in [-0.05, 0) is 43.6 Å². The first-order chi connectivity index (χ1) is 13.5. The molecule has 150 valence electrons. The zero-order valence-corrected chi connectivity index (χ0v) is 17.5. The molecule has 1 aliphatic heterocycles. The molecule has 0 saturated carbocycles. The number of methoxy groups -OCH3 is 2. The molecule has 3 rings (SSSR count). The number of amides is 1. The van der Waals surface area contributed by atoms with E-state index in [9.17, 15) is 4.79 Å². The summed E-state index contributed by atoms with van der Waals surface area (Å²) < 4.78 is 10.6. The number of piperidine rings is 1. The summed E-state index contributed by atoms with van der Waals surface area (Å²) in [4.78, 5) is 15.1. The van der Waals surface area contributed by atoms with Crippen molar-refractivity contribution in [2.75, 3.05) is 32.6 Å². The van der Waals surface area contributed by atoms with Crippen LogP contribution in [0.5, 0.6) is 11.5 Å². The lowest BCUT2D eigenvalue weighted by molar-refractivity contribution is -0.121. The summed E-state index contributed by atoms with van der Waals surface area (Å²) in [6.45, 7) is 2.62. The van der Waals surface area contributed by atoms with Crippen LogP contribution in [0.1, 0.15) is 18.4 Å². The maximum Gasteiger partial charge on any atom is 0.227 e. The standard InChI is InChI=1S/C21H24Cl2N2O3/c1-27-19-12-18(20(28-2)11-17(19)23)24-21(26)15-7-9-25(10-8-15)13-14-3-5-16(22)6-4-14/h3-6,11-12,15H,7-10,13H2,1-2H3,(H,24,26). The van der Waals surface area contributed by atoms with Crippen molar-refractivity contribution >= 4 is 34.8 Å². The molecule has 0 spiro atoms. The lowest BCUT2D eigenvalue weighted by Crippen LogP contribution is -2.37. The number of ether oxygens (including phenoxy) is 2. The van der Waals surface area contributed by atoms with E-state index in [1.807, 2.05) is 24.3 Å². The predicted octanol–water partition coefficient (Wildman–Crippen LogP) is 4.86. The van der Waals surface area contributed by atoms with Crippen molar-refractivity contribution in [1.82, 2.24) is 4.90 Å². The second-order valence-electron chi connectivity index (χ2n) is 6.85. The van der Waals surface area contributed by atoms with Crippen molar-refractivity contribution in [3.05, 3.63) is 52.0 Å². The van der Waals surface area contributed by atoms with Crippen LogP contribution in [0.25, 0.3) is 0 Å². The molecule has 1 aliphatic rings. The zero-order valence-electron chi connectivity index (χ0n) is 16.0. The Bertz CT molecular complexity index is 819. The van der Waals surface area contributed by atoms with Crippen molar-refractivity contribution in [2.45, 2.75) is 19.4 Å². The molecule has 7 heteroatoms. The van der Waals surface area contributed by atoms with Crippen LogP contribution in [0.15, 0.2) is 36.4 Å². The Balaban J connectivity index is 1.57. The van der Waals surface area contributed by atoms with Crippen LogP contribution >= 0.6 is 23.2 Å². The van der Waals surface area contributed by atoms with Gasteiger partial charge < -0.3 is 14.8 Å². The van der Waals surface area contributed by atoms with E-state index in [4.69, 9.17) is 32.7 Å². The average molecular weight is 423 g/mol. The van der Waals surface area contributed by atoms with E-state index >= 15 is 0 Å². The van der Waals surface area contributed by atoms with Gasteiger partial charge in [0.05, 0.1) is 24.9 Å². The summed E-state index contributed by atoms with van der Waals surface area (Å²) in [5, 5.41) is 4.15. The number of carbonyl (C=O) groups is 1. The summed E-state index contributed by atoms with van der Waals surface area (Å²) in [6, 6.07) is 11.2. The van der Waals surface area contributed by atoms with E-state index in [2.05, 4.69) is 10.2 Å². The second kappa shape index (κ2) is 9.50. The molecule has 0 radical (unpaired) electrons. The number of likely N-dealkylation sites (tertiary alicyclic amines) is 1. The normalized spacial score (nSPS) is 15.3. The molecule has 5 nitrogen and oxygen atoms in total.